The molecule has 2 N–H and O–H groups in total. The largest absolute Gasteiger partial charge is 0.455 e. The number of β-amino-alcohol motifs (C(OH)–C–C–N with tert-alkyl or cyclic N) is 1. The molecule has 2 aromatic carbocycles. The Morgan fingerprint density at radius 1 is 1.16 bits per heavy atom. The molecule has 2 bridgehead atoms. The number of allylic oxidation sites excluding steroid dienone is 1. The van der Waals surface area contributed by atoms with E-state index in [4.69, 9.17) is 14.2 Å². The van der Waals surface area contributed by atoms with Gasteiger partial charge in [-0.2, -0.15) is 0 Å². The first kappa shape index (κ1) is 36.0. The van der Waals surface area contributed by atoms with E-state index in [0.29, 0.717) is 30.5 Å². The number of fused-ring (bicyclic) bond motifs is 1. The number of nitrogens with zero attached hydrogens (tertiary/aromatic N) is 2. The van der Waals surface area contributed by atoms with Crippen LogP contribution in [0.5, 0.6) is 0 Å². The van der Waals surface area contributed by atoms with Gasteiger partial charge in [0, 0.05) is 32.3 Å². The second kappa shape index (κ2) is 15.5. The minimum atomic E-state index is -1.29. The Morgan fingerprint density at radius 2 is 1.92 bits per heavy atom. The maximum absolute atomic E-state index is 14.7. The van der Waals surface area contributed by atoms with Gasteiger partial charge in [0.1, 0.15) is 17.7 Å². The fourth-order valence-electron chi connectivity index (χ4n) is 7.77. The summed E-state index contributed by atoms with van der Waals surface area (Å²) >= 11 is 0. The maximum Gasteiger partial charge on any atom is 0.313 e. The van der Waals surface area contributed by atoms with Crippen molar-refractivity contribution in [3.8, 4) is 0 Å². The molecule has 3 amide bonds. The number of benzene rings is 2. The van der Waals surface area contributed by atoms with Crippen LogP contribution >= 0.6 is 0 Å². The Labute approximate surface area is 287 Å². The third-order valence-electron chi connectivity index (χ3n) is 9.89. The van der Waals surface area contributed by atoms with Crippen LogP contribution in [0.4, 0.5) is 5.69 Å². The molecule has 49 heavy (non-hydrogen) atoms. The molecule has 262 valence electrons. The van der Waals surface area contributed by atoms with E-state index >= 15 is 0 Å². The van der Waals surface area contributed by atoms with Gasteiger partial charge in [0.25, 0.3) is 5.91 Å². The fraction of sp³-hybridized carbons (Fsp3) is 0.474. The zero-order valence-corrected chi connectivity index (χ0v) is 28.5. The van der Waals surface area contributed by atoms with Crippen molar-refractivity contribution in [2.45, 2.75) is 69.4 Å². The average molecular weight is 674 g/mol. The lowest BCUT2D eigenvalue weighted by molar-refractivity contribution is -0.163. The molecular weight excluding hydrogens is 626 g/mol. The number of nitrogens with one attached hydrogen (secondary N) is 1. The van der Waals surface area contributed by atoms with E-state index in [-0.39, 0.29) is 44.5 Å². The van der Waals surface area contributed by atoms with Crippen LogP contribution in [-0.2, 0) is 33.4 Å². The number of carbonyl (C=O) groups excluding carboxylic acids is 4. The third kappa shape index (κ3) is 6.92. The lowest BCUT2D eigenvalue weighted by atomic mass is 9.70. The van der Waals surface area contributed by atoms with Crippen molar-refractivity contribution in [1.29, 1.82) is 0 Å². The molecule has 0 aliphatic carbocycles. The SMILES string of the molecule is C=CCCC(=O)N[C@@H](COC)[C@@H](OC(=O)[C@@H]1[C@H]2C(=O)N(CCO)[C@H](C(=O)N(CC=C)c3cc(C)ccc3C)[C@]23CC[C@H]1O3)c1ccccc1. The highest BCUT2D eigenvalue weighted by atomic mass is 16.6. The van der Waals surface area contributed by atoms with Crippen molar-refractivity contribution in [2.75, 3.05) is 38.3 Å². The van der Waals surface area contributed by atoms with Gasteiger partial charge in [0.15, 0.2) is 0 Å². The van der Waals surface area contributed by atoms with E-state index in [1.807, 2.05) is 50.2 Å². The molecule has 0 aromatic heterocycles. The minimum absolute atomic E-state index is 0.0575. The Hall–Kier alpha value is -4.32. The van der Waals surface area contributed by atoms with Crippen molar-refractivity contribution < 1.29 is 38.5 Å². The Kier molecular flexibility index (Phi) is 11.4. The van der Waals surface area contributed by atoms with E-state index in [0.717, 1.165) is 11.1 Å². The van der Waals surface area contributed by atoms with Crippen LogP contribution in [0.3, 0.4) is 0 Å². The van der Waals surface area contributed by atoms with E-state index in [1.165, 1.54) is 12.0 Å². The number of aliphatic hydroxyl groups excluding tert-OH is 1. The monoisotopic (exact) mass is 673 g/mol. The predicted molar refractivity (Wildman–Crippen MR) is 183 cm³/mol. The molecule has 11 heteroatoms. The first-order valence-corrected chi connectivity index (χ1v) is 16.8. The molecule has 5 rings (SSSR count). The highest BCUT2D eigenvalue weighted by Crippen LogP contribution is 2.59. The van der Waals surface area contributed by atoms with Crippen molar-refractivity contribution in [1.82, 2.24) is 10.2 Å². The van der Waals surface area contributed by atoms with Crippen molar-refractivity contribution in [3.05, 3.63) is 90.5 Å². The van der Waals surface area contributed by atoms with Crippen molar-refractivity contribution in [2.24, 2.45) is 11.8 Å². The summed E-state index contributed by atoms with van der Waals surface area (Å²) in [6, 6.07) is 13.1. The molecular formula is C38H47N3O8. The van der Waals surface area contributed by atoms with Crippen LogP contribution in [0.2, 0.25) is 0 Å². The van der Waals surface area contributed by atoms with Gasteiger partial charge in [-0.1, -0.05) is 54.6 Å². The van der Waals surface area contributed by atoms with Crippen LogP contribution in [0.1, 0.15) is 48.5 Å². The molecule has 2 aromatic rings. The van der Waals surface area contributed by atoms with Gasteiger partial charge >= 0.3 is 5.97 Å². The molecule has 0 radical (unpaired) electrons. The minimum Gasteiger partial charge on any atom is -0.455 e. The number of likely N-dealkylation sites (tertiary alicyclic amines) is 1. The number of esters is 1. The summed E-state index contributed by atoms with van der Waals surface area (Å²) < 4.78 is 18.3. The summed E-state index contributed by atoms with van der Waals surface area (Å²) in [7, 11) is 1.50. The molecule has 1 spiro atoms. The smallest absolute Gasteiger partial charge is 0.313 e. The van der Waals surface area contributed by atoms with Gasteiger partial charge in [-0.05, 0) is 55.9 Å². The van der Waals surface area contributed by atoms with Gasteiger partial charge in [0.05, 0.1) is 37.2 Å². The van der Waals surface area contributed by atoms with Gasteiger partial charge in [-0.3, -0.25) is 19.2 Å². The average Bonchev–Trinajstić information content (AvgIpc) is 3.74. The number of hydrogen-bond donors (Lipinski definition) is 2. The topological polar surface area (TPSA) is 135 Å². The van der Waals surface area contributed by atoms with Crippen LogP contribution in [0.25, 0.3) is 0 Å². The second-order valence-electron chi connectivity index (χ2n) is 13.1. The molecule has 3 aliphatic heterocycles. The molecule has 3 aliphatic rings. The van der Waals surface area contributed by atoms with Gasteiger partial charge in [-0.25, -0.2) is 0 Å². The fourth-order valence-corrected chi connectivity index (χ4v) is 7.77. The third-order valence-corrected chi connectivity index (χ3v) is 9.89. The summed E-state index contributed by atoms with van der Waals surface area (Å²) in [5.41, 5.74) is 1.88. The Morgan fingerprint density at radius 3 is 2.59 bits per heavy atom. The molecule has 11 nitrogen and oxygen atoms in total. The van der Waals surface area contributed by atoms with E-state index < -0.39 is 53.6 Å². The summed E-state index contributed by atoms with van der Waals surface area (Å²) in [5, 5.41) is 13.0. The number of hydrogen-bond acceptors (Lipinski definition) is 8. The number of carbonyl (C=O) groups is 4. The maximum atomic E-state index is 14.7. The summed E-state index contributed by atoms with van der Waals surface area (Å²) in [5.74, 6) is -3.70. The highest BCUT2D eigenvalue weighted by Gasteiger charge is 2.75. The lowest BCUT2D eigenvalue weighted by Gasteiger charge is -2.37. The van der Waals surface area contributed by atoms with Gasteiger partial charge in [-0.15, -0.1) is 13.2 Å². The molecule has 3 heterocycles. The number of ether oxygens (including phenoxy) is 3. The van der Waals surface area contributed by atoms with E-state index in [2.05, 4.69) is 18.5 Å². The first-order chi connectivity index (χ1) is 23.6. The summed E-state index contributed by atoms with van der Waals surface area (Å²) in [4.78, 5) is 59.1. The lowest BCUT2D eigenvalue weighted by Crippen LogP contribution is -2.57. The molecule has 0 unspecified atom stereocenters. The predicted octanol–water partition coefficient (Wildman–Crippen LogP) is 3.57. The van der Waals surface area contributed by atoms with Crippen molar-refractivity contribution >= 4 is 29.4 Å². The summed E-state index contributed by atoms with van der Waals surface area (Å²) in [6.07, 6.45) is 3.21. The van der Waals surface area contributed by atoms with Crippen LogP contribution in [0.15, 0.2) is 73.8 Å². The standard InChI is InChI=1S/C38H47N3O8/c1-6-8-14-30(43)39-27(23-47-5)33(26-12-10-9-11-13-26)48-37(46)31-29-17-18-38(49-29)32(31)35(44)41(20-21-42)34(38)36(45)40(19-7-2)28-22-24(3)15-16-25(28)4/h6-7,9-13,15-16,22,27,29,31-34,42H,1-2,8,14,17-21,23H2,3-5H3,(H,39,43)/t27-,29+,31-,32-,33-,34+,38-/m0/s1. The van der Waals surface area contributed by atoms with Crippen molar-refractivity contribution in [3.63, 3.8) is 0 Å². The number of rotatable bonds is 16. The zero-order valence-electron chi connectivity index (χ0n) is 28.5. The number of methoxy groups -OCH3 is 1. The number of amides is 3. The van der Waals surface area contributed by atoms with Crippen LogP contribution < -0.4 is 10.2 Å². The van der Waals surface area contributed by atoms with E-state index in [9.17, 15) is 24.3 Å². The second-order valence-corrected chi connectivity index (χ2v) is 13.1. The zero-order chi connectivity index (χ0) is 35.3. The first-order valence-electron chi connectivity index (χ1n) is 16.8. The van der Waals surface area contributed by atoms with Gasteiger partial charge < -0.3 is 34.4 Å². The molecule has 7 atom stereocenters. The molecule has 0 saturated carbocycles. The Balaban J connectivity index is 1.49. The molecule has 3 fully saturated rings. The van der Waals surface area contributed by atoms with Crippen LogP contribution in [0, 0.1) is 25.7 Å². The number of anilines is 1. The highest BCUT2D eigenvalue weighted by molar-refractivity contribution is 6.05. The molecule has 3 saturated heterocycles. The summed E-state index contributed by atoms with van der Waals surface area (Å²) in [6.45, 7) is 11.2. The van der Waals surface area contributed by atoms with Gasteiger partial charge in [0.2, 0.25) is 11.8 Å². The Bertz CT molecular complexity index is 1560. The van der Waals surface area contributed by atoms with E-state index in [1.54, 1.807) is 29.2 Å². The van der Waals surface area contributed by atoms with Crippen LogP contribution in [-0.4, -0.2) is 90.9 Å². The quantitative estimate of drug-likeness (QED) is 0.204. The normalized spacial score (nSPS) is 25.0. The number of aryl methyl sites for hydroxylation is 2. The number of aliphatic hydroxyl groups is 1.